The molecule has 9 heteroatoms. The molecule has 8 nitrogen and oxygen atoms in total. The zero-order valence-electron chi connectivity index (χ0n) is 18.5. The van der Waals surface area contributed by atoms with Gasteiger partial charge in [-0.05, 0) is 53.0 Å². The maximum absolute atomic E-state index is 12.5. The van der Waals surface area contributed by atoms with E-state index < -0.39 is 17.7 Å². The zero-order chi connectivity index (χ0) is 22.3. The Kier molecular flexibility index (Phi) is 8.66. The summed E-state index contributed by atoms with van der Waals surface area (Å²) in [6.45, 7) is 11.2. The molecule has 1 aliphatic rings. The van der Waals surface area contributed by atoms with Crippen molar-refractivity contribution in [3.63, 3.8) is 0 Å². The van der Waals surface area contributed by atoms with Gasteiger partial charge in [0.15, 0.2) is 0 Å². The first kappa shape index (κ1) is 24.1. The van der Waals surface area contributed by atoms with Crippen molar-refractivity contribution in [1.82, 2.24) is 10.2 Å². The lowest BCUT2D eigenvalue weighted by Gasteiger charge is -2.32. The number of amides is 2. The predicted molar refractivity (Wildman–Crippen MR) is 117 cm³/mol. The number of nitrogens with one attached hydrogen (secondary N) is 2. The van der Waals surface area contributed by atoms with E-state index in [1.54, 1.807) is 13.0 Å². The number of piperidine rings is 1. The van der Waals surface area contributed by atoms with Gasteiger partial charge in [0.05, 0.1) is 18.7 Å². The molecule has 2 amide bonds. The van der Waals surface area contributed by atoms with Crippen molar-refractivity contribution in [2.75, 3.05) is 31.6 Å². The minimum atomic E-state index is -0.523. The van der Waals surface area contributed by atoms with Gasteiger partial charge in [0.25, 0.3) is 0 Å². The van der Waals surface area contributed by atoms with Crippen LogP contribution in [0.25, 0.3) is 0 Å². The van der Waals surface area contributed by atoms with Crippen LogP contribution in [-0.2, 0) is 20.7 Å². The highest BCUT2D eigenvalue weighted by Crippen LogP contribution is 2.29. The van der Waals surface area contributed by atoms with Crippen LogP contribution in [0.4, 0.5) is 9.80 Å². The highest BCUT2D eigenvalue weighted by molar-refractivity contribution is 7.16. The molecule has 1 aliphatic heterocycles. The second-order valence-electron chi connectivity index (χ2n) is 8.27. The minimum Gasteiger partial charge on any atom is -0.462 e. The summed E-state index contributed by atoms with van der Waals surface area (Å²) in [5, 5.41) is 6.30. The summed E-state index contributed by atoms with van der Waals surface area (Å²) in [4.78, 5) is 39.7. The number of hydrogen-bond acceptors (Lipinski definition) is 7. The van der Waals surface area contributed by atoms with Crippen LogP contribution in [0.15, 0.2) is 6.07 Å². The van der Waals surface area contributed by atoms with Gasteiger partial charge >= 0.3 is 12.1 Å². The molecule has 168 valence electrons. The van der Waals surface area contributed by atoms with Gasteiger partial charge < -0.3 is 20.1 Å². The number of likely N-dealkylation sites (tertiary alicyclic amines) is 1. The lowest BCUT2D eigenvalue weighted by atomic mass is 10.1. The first-order valence-corrected chi connectivity index (χ1v) is 11.2. The lowest BCUT2D eigenvalue weighted by Crippen LogP contribution is -2.47. The second kappa shape index (κ2) is 10.8. The van der Waals surface area contributed by atoms with E-state index in [4.69, 9.17) is 9.47 Å². The van der Waals surface area contributed by atoms with Gasteiger partial charge in [-0.15, -0.1) is 11.3 Å². The Labute approximate surface area is 182 Å². The average molecular weight is 440 g/mol. The number of esters is 1. The lowest BCUT2D eigenvalue weighted by molar-refractivity contribution is -0.117. The van der Waals surface area contributed by atoms with Gasteiger partial charge in [0.1, 0.15) is 10.6 Å². The van der Waals surface area contributed by atoms with Crippen LogP contribution in [0, 0.1) is 0 Å². The fourth-order valence-electron chi connectivity index (χ4n) is 3.15. The fraction of sp³-hybridized carbons (Fsp3) is 0.667. The van der Waals surface area contributed by atoms with E-state index in [1.165, 1.54) is 11.3 Å². The molecule has 2 rings (SSSR count). The molecule has 2 N–H and O–H groups in total. The van der Waals surface area contributed by atoms with Crippen LogP contribution in [-0.4, -0.2) is 60.8 Å². The Hall–Kier alpha value is -2.13. The first-order chi connectivity index (χ1) is 14.1. The summed E-state index contributed by atoms with van der Waals surface area (Å²) >= 11 is 1.40. The minimum absolute atomic E-state index is 0.0407. The van der Waals surface area contributed by atoms with Gasteiger partial charge in [-0.25, -0.2) is 9.59 Å². The van der Waals surface area contributed by atoms with Crippen molar-refractivity contribution < 1.29 is 23.9 Å². The van der Waals surface area contributed by atoms with E-state index in [1.807, 2.05) is 32.6 Å². The molecular formula is C21H33N3O5S. The second-order valence-corrected chi connectivity index (χ2v) is 9.41. The fourth-order valence-corrected chi connectivity index (χ4v) is 4.15. The molecule has 1 aromatic heterocycles. The number of thiophene rings is 1. The Morgan fingerprint density at radius 1 is 1.20 bits per heavy atom. The van der Waals surface area contributed by atoms with Gasteiger partial charge in [-0.3, -0.25) is 9.69 Å². The highest BCUT2D eigenvalue weighted by atomic mass is 32.1. The van der Waals surface area contributed by atoms with Crippen LogP contribution in [0.2, 0.25) is 0 Å². The van der Waals surface area contributed by atoms with Crippen molar-refractivity contribution >= 4 is 34.3 Å². The van der Waals surface area contributed by atoms with Crippen LogP contribution in [0.3, 0.4) is 0 Å². The Morgan fingerprint density at radius 2 is 1.87 bits per heavy atom. The summed E-state index contributed by atoms with van der Waals surface area (Å²) in [6, 6.07) is 1.82. The number of ether oxygens (including phenoxy) is 2. The molecule has 0 aromatic carbocycles. The molecule has 1 fully saturated rings. The molecule has 1 saturated heterocycles. The molecule has 0 spiro atoms. The highest BCUT2D eigenvalue weighted by Gasteiger charge is 2.25. The Bertz CT molecular complexity index is 748. The number of aryl methyl sites for hydroxylation is 1. The maximum atomic E-state index is 12.5. The van der Waals surface area contributed by atoms with Gasteiger partial charge in [-0.2, -0.15) is 0 Å². The molecule has 0 unspecified atom stereocenters. The SMILES string of the molecule is CCOC(=O)c1cc(CC)sc1NC(=O)CN1CCC(NC(=O)OC(C)(C)C)CC1. The van der Waals surface area contributed by atoms with Crippen molar-refractivity contribution in [3.05, 3.63) is 16.5 Å². The van der Waals surface area contributed by atoms with E-state index >= 15 is 0 Å². The summed E-state index contributed by atoms with van der Waals surface area (Å²) in [7, 11) is 0. The number of nitrogens with zero attached hydrogens (tertiary/aromatic N) is 1. The molecule has 0 aliphatic carbocycles. The van der Waals surface area contributed by atoms with Gasteiger partial charge in [0, 0.05) is 24.0 Å². The smallest absolute Gasteiger partial charge is 0.407 e. The molecule has 0 bridgehead atoms. The van der Waals surface area contributed by atoms with Gasteiger partial charge in [0.2, 0.25) is 5.91 Å². The average Bonchev–Trinajstić information content (AvgIpc) is 3.05. The standard InChI is InChI=1S/C21H33N3O5S/c1-6-15-12-16(19(26)28-7-2)18(30-15)23-17(25)13-24-10-8-14(9-11-24)22-20(27)29-21(3,4)5/h12,14H,6-11,13H2,1-5H3,(H,22,27)(H,23,25). The van der Waals surface area contributed by atoms with E-state index in [0.717, 1.165) is 24.1 Å². The summed E-state index contributed by atoms with van der Waals surface area (Å²) < 4.78 is 10.4. The molecule has 0 atom stereocenters. The molecule has 0 saturated carbocycles. The van der Waals surface area contributed by atoms with Crippen LogP contribution >= 0.6 is 11.3 Å². The molecule has 30 heavy (non-hydrogen) atoms. The third kappa shape index (κ3) is 7.60. The third-order valence-electron chi connectivity index (χ3n) is 4.56. The number of carbonyl (C=O) groups is 3. The summed E-state index contributed by atoms with van der Waals surface area (Å²) in [5.74, 6) is -0.582. The Balaban J connectivity index is 1.84. The number of alkyl carbamates (subject to hydrolysis) is 1. The molecule has 0 radical (unpaired) electrons. The largest absolute Gasteiger partial charge is 0.462 e. The quantitative estimate of drug-likeness (QED) is 0.632. The summed E-state index contributed by atoms with van der Waals surface area (Å²) in [6.07, 6.45) is 1.87. The molecular weight excluding hydrogens is 406 g/mol. The van der Waals surface area contributed by atoms with E-state index in [-0.39, 0.29) is 25.1 Å². The number of carbonyl (C=O) groups excluding carboxylic acids is 3. The van der Waals surface area contributed by atoms with Crippen LogP contribution in [0.1, 0.15) is 62.7 Å². The summed E-state index contributed by atoms with van der Waals surface area (Å²) in [5.41, 5.74) is -0.114. The van der Waals surface area contributed by atoms with Gasteiger partial charge in [-0.1, -0.05) is 6.92 Å². The van der Waals surface area contributed by atoms with Crippen LogP contribution < -0.4 is 10.6 Å². The predicted octanol–water partition coefficient (Wildman–Crippen LogP) is 3.41. The Morgan fingerprint density at radius 3 is 2.43 bits per heavy atom. The number of hydrogen-bond donors (Lipinski definition) is 2. The number of anilines is 1. The van der Waals surface area contributed by atoms with Crippen molar-refractivity contribution in [3.8, 4) is 0 Å². The maximum Gasteiger partial charge on any atom is 0.407 e. The van der Waals surface area contributed by atoms with Crippen LogP contribution in [0.5, 0.6) is 0 Å². The monoisotopic (exact) mass is 439 g/mol. The molecule has 1 aromatic rings. The van der Waals surface area contributed by atoms with E-state index in [9.17, 15) is 14.4 Å². The van der Waals surface area contributed by atoms with Crippen molar-refractivity contribution in [1.29, 1.82) is 0 Å². The normalized spacial score (nSPS) is 15.5. The van der Waals surface area contributed by atoms with E-state index in [2.05, 4.69) is 10.6 Å². The first-order valence-electron chi connectivity index (χ1n) is 10.4. The topological polar surface area (TPSA) is 97.0 Å². The number of rotatable bonds is 7. The van der Waals surface area contributed by atoms with Crippen molar-refractivity contribution in [2.45, 2.75) is 65.5 Å². The van der Waals surface area contributed by atoms with E-state index in [0.29, 0.717) is 23.7 Å². The third-order valence-corrected chi connectivity index (χ3v) is 5.75. The zero-order valence-corrected chi connectivity index (χ0v) is 19.3. The molecule has 2 heterocycles. The van der Waals surface area contributed by atoms with Crippen molar-refractivity contribution in [2.24, 2.45) is 0 Å².